The van der Waals surface area contributed by atoms with Gasteiger partial charge in [-0.25, -0.2) is 5.01 Å². The highest BCUT2D eigenvalue weighted by molar-refractivity contribution is 4.73. The third-order valence-electron chi connectivity index (χ3n) is 2.02. The van der Waals surface area contributed by atoms with Crippen molar-refractivity contribution >= 4 is 0 Å². The molecular formula is C7H17N3. The summed E-state index contributed by atoms with van der Waals surface area (Å²) in [6, 6.07) is 0.713. The van der Waals surface area contributed by atoms with Crippen LogP contribution < -0.4 is 11.2 Å². The Labute approximate surface area is 62.5 Å². The molecule has 0 aromatic rings. The first-order chi connectivity index (χ1) is 4.83. The van der Waals surface area contributed by atoms with E-state index in [0.717, 1.165) is 19.6 Å². The van der Waals surface area contributed by atoms with Crippen LogP contribution in [0.25, 0.3) is 0 Å². The molecule has 0 saturated carbocycles. The highest BCUT2D eigenvalue weighted by Gasteiger charge is 2.14. The first kappa shape index (κ1) is 7.98. The maximum Gasteiger partial charge on any atom is 0.0143 e. The van der Waals surface area contributed by atoms with Crippen LogP contribution in [0, 0.1) is 0 Å². The summed E-state index contributed by atoms with van der Waals surface area (Å²) in [5.74, 6) is 5.60. The van der Waals surface area contributed by atoms with E-state index in [1.54, 1.807) is 0 Å². The summed E-state index contributed by atoms with van der Waals surface area (Å²) >= 11 is 0. The van der Waals surface area contributed by atoms with E-state index in [0.29, 0.717) is 6.04 Å². The normalized spacial score (nSPS) is 23.4. The van der Waals surface area contributed by atoms with Gasteiger partial charge in [-0.1, -0.05) is 6.92 Å². The minimum atomic E-state index is 0.713. The summed E-state index contributed by atoms with van der Waals surface area (Å²) < 4.78 is 0. The molecule has 0 radical (unpaired) electrons. The standard InChI is InChI=1S/C7H17N3/c1-2-9-7-3-5-10(8)6-4-7/h7,9H,2-6,8H2,1H3. The van der Waals surface area contributed by atoms with Crippen LogP contribution in [0.2, 0.25) is 0 Å². The lowest BCUT2D eigenvalue weighted by molar-refractivity contribution is 0.203. The highest BCUT2D eigenvalue weighted by Crippen LogP contribution is 2.05. The number of nitrogens with one attached hydrogen (secondary N) is 1. The van der Waals surface area contributed by atoms with Crippen molar-refractivity contribution in [1.29, 1.82) is 0 Å². The van der Waals surface area contributed by atoms with Crippen molar-refractivity contribution in [3.05, 3.63) is 0 Å². The maximum absolute atomic E-state index is 5.60. The second-order valence-electron chi connectivity index (χ2n) is 2.87. The van der Waals surface area contributed by atoms with Gasteiger partial charge in [-0.3, -0.25) is 5.84 Å². The molecule has 0 aromatic carbocycles. The average Bonchev–Trinajstić information content (AvgIpc) is 1.95. The van der Waals surface area contributed by atoms with E-state index in [1.807, 2.05) is 5.01 Å². The molecule has 0 aromatic heterocycles. The number of hydrogen-bond acceptors (Lipinski definition) is 3. The van der Waals surface area contributed by atoms with Gasteiger partial charge < -0.3 is 5.32 Å². The molecule has 0 bridgehead atoms. The second kappa shape index (κ2) is 3.91. The van der Waals surface area contributed by atoms with Gasteiger partial charge in [0, 0.05) is 19.1 Å². The number of rotatable bonds is 2. The smallest absolute Gasteiger partial charge is 0.0143 e. The Morgan fingerprint density at radius 1 is 1.50 bits per heavy atom. The van der Waals surface area contributed by atoms with Crippen LogP contribution in [0.15, 0.2) is 0 Å². The topological polar surface area (TPSA) is 41.3 Å². The Morgan fingerprint density at radius 3 is 2.60 bits per heavy atom. The van der Waals surface area contributed by atoms with Crippen molar-refractivity contribution in [2.75, 3.05) is 19.6 Å². The lowest BCUT2D eigenvalue weighted by Gasteiger charge is -2.28. The lowest BCUT2D eigenvalue weighted by atomic mass is 10.1. The molecule has 0 amide bonds. The minimum absolute atomic E-state index is 0.713. The zero-order chi connectivity index (χ0) is 7.40. The van der Waals surface area contributed by atoms with Gasteiger partial charge in [0.05, 0.1) is 0 Å². The maximum atomic E-state index is 5.60. The van der Waals surface area contributed by atoms with Crippen LogP contribution in [0.4, 0.5) is 0 Å². The molecule has 1 aliphatic heterocycles. The van der Waals surface area contributed by atoms with Gasteiger partial charge in [-0.05, 0) is 19.4 Å². The molecular weight excluding hydrogens is 126 g/mol. The molecule has 60 valence electrons. The number of piperidine rings is 1. The first-order valence-electron chi connectivity index (χ1n) is 4.06. The zero-order valence-corrected chi connectivity index (χ0v) is 6.64. The van der Waals surface area contributed by atoms with Crippen molar-refractivity contribution in [2.24, 2.45) is 5.84 Å². The van der Waals surface area contributed by atoms with E-state index in [9.17, 15) is 0 Å². The van der Waals surface area contributed by atoms with Crippen molar-refractivity contribution in [3.63, 3.8) is 0 Å². The summed E-state index contributed by atoms with van der Waals surface area (Å²) in [6.45, 7) is 5.30. The molecule has 1 rings (SSSR count). The predicted molar refractivity (Wildman–Crippen MR) is 42.5 cm³/mol. The van der Waals surface area contributed by atoms with Gasteiger partial charge in [0.2, 0.25) is 0 Å². The number of nitrogens with zero attached hydrogens (tertiary/aromatic N) is 1. The van der Waals surface area contributed by atoms with Crippen molar-refractivity contribution in [1.82, 2.24) is 10.3 Å². The Morgan fingerprint density at radius 2 is 2.10 bits per heavy atom. The van der Waals surface area contributed by atoms with Crippen LogP contribution >= 0.6 is 0 Å². The summed E-state index contributed by atoms with van der Waals surface area (Å²) in [7, 11) is 0. The van der Waals surface area contributed by atoms with Gasteiger partial charge in [0.15, 0.2) is 0 Å². The molecule has 0 spiro atoms. The summed E-state index contributed by atoms with van der Waals surface area (Å²) in [5.41, 5.74) is 0. The molecule has 0 unspecified atom stereocenters. The third kappa shape index (κ3) is 2.25. The van der Waals surface area contributed by atoms with E-state index in [4.69, 9.17) is 5.84 Å². The van der Waals surface area contributed by atoms with Crippen LogP contribution in [0.5, 0.6) is 0 Å². The third-order valence-corrected chi connectivity index (χ3v) is 2.02. The molecule has 1 saturated heterocycles. The van der Waals surface area contributed by atoms with Crippen LogP contribution in [0.1, 0.15) is 19.8 Å². The van der Waals surface area contributed by atoms with Gasteiger partial charge in [-0.2, -0.15) is 0 Å². The number of hydrazine groups is 1. The first-order valence-corrected chi connectivity index (χ1v) is 4.06. The van der Waals surface area contributed by atoms with Gasteiger partial charge in [-0.15, -0.1) is 0 Å². The Balaban J connectivity index is 2.13. The van der Waals surface area contributed by atoms with Gasteiger partial charge in [0.1, 0.15) is 0 Å². The molecule has 10 heavy (non-hydrogen) atoms. The largest absolute Gasteiger partial charge is 0.314 e. The summed E-state index contributed by atoms with van der Waals surface area (Å²) in [5, 5.41) is 5.32. The molecule has 0 aliphatic carbocycles. The van der Waals surface area contributed by atoms with Crippen LogP contribution in [0.3, 0.4) is 0 Å². The predicted octanol–water partition coefficient (Wildman–Crippen LogP) is -0.0660. The molecule has 1 fully saturated rings. The van der Waals surface area contributed by atoms with E-state index < -0.39 is 0 Å². The summed E-state index contributed by atoms with van der Waals surface area (Å²) in [6.07, 6.45) is 2.40. The lowest BCUT2D eigenvalue weighted by Crippen LogP contribution is -2.45. The molecule has 3 N–H and O–H groups in total. The van der Waals surface area contributed by atoms with Crippen molar-refractivity contribution in [3.8, 4) is 0 Å². The Hall–Kier alpha value is -0.120. The fourth-order valence-corrected chi connectivity index (χ4v) is 1.39. The Bertz CT molecular complexity index is 86.9. The van der Waals surface area contributed by atoms with E-state index in [-0.39, 0.29) is 0 Å². The van der Waals surface area contributed by atoms with Crippen LogP contribution in [-0.4, -0.2) is 30.7 Å². The van der Waals surface area contributed by atoms with E-state index in [2.05, 4.69) is 12.2 Å². The fraction of sp³-hybridized carbons (Fsp3) is 1.00. The van der Waals surface area contributed by atoms with Gasteiger partial charge >= 0.3 is 0 Å². The monoisotopic (exact) mass is 143 g/mol. The van der Waals surface area contributed by atoms with Crippen molar-refractivity contribution < 1.29 is 0 Å². The van der Waals surface area contributed by atoms with E-state index >= 15 is 0 Å². The SMILES string of the molecule is CCNC1CCN(N)CC1. The summed E-state index contributed by atoms with van der Waals surface area (Å²) in [4.78, 5) is 0. The molecule has 0 atom stereocenters. The molecule has 1 heterocycles. The second-order valence-corrected chi connectivity index (χ2v) is 2.87. The van der Waals surface area contributed by atoms with Gasteiger partial charge in [0.25, 0.3) is 0 Å². The fourth-order valence-electron chi connectivity index (χ4n) is 1.39. The van der Waals surface area contributed by atoms with Crippen LogP contribution in [-0.2, 0) is 0 Å². The zero-order valence-electron chi connectivity index (χ0n) is 6.64. The van der Waals surface area contributed by atoms with Crippen molar-refractivity contribution in [2.45, 2.75) is 25.8 Å². The molecule has 3 heteroatoms. The minimum Gasteiger partial charge on any atom is -0.314 e. The number of nitrogens with two attached hydrogens (primary N) is 1. The highest BCUT2D eigenvalue weighted by atomic mass is 15.4. The van der Waals surface area contributed by atoms with E-state index in [1.165, 1.54) is 12.8 Å². The quantitative estimate of drug-likeness (QED) is 0.532. The number of hydrogen-bond donors (Lipinski definition) is 2. The average molecular weight is 143 g/mol. The molecule has 3 nitrogen and oxygen atoms in total. The Kier molecular flexibility index (Phi) is 3.12. The molecule has 1 aliphatic rings.